The van der Waals surface area contributed by atoms with Crippen molar-refractivity contribution < 1.29 is 9.53 Å². The Morgan fingerprint density at radius 2 is 1.81 bits per heavy atom. The predicted octanol–water partition coefficient (Wildman–Crippen LogP) is 2.85. The van der Waals surface area contributed by atoms with Crippen LogP contribution in [0.3, 0.4) is 0 Å². The summed E-state index contributed by atoms with van der Waals surface area (Å²) in [6.45, 7) is 5.13. The van der Waals surface area contributed by atoms with E-state index in [2.05, 4.69) is 26.0 Å². The number of nitrogens with two attached hydrogens (primary N) is 1. The summed E-state index contributed by atoms with van der Waals surface area (Å²) in [5.74, 6) is 0.479. The molecule has 1 fully saturated rings. The molecular formula is C13H21NO2. The third-order valence-electron chi connectivity index (χ3n) is 4.98. The second-order valence-corrected chi connectivity index (χ2v) is 5.57. The largest absolute Gasteiger partial charge is 0.449 e. The molecule has 16 heavy (non-hydrogen) atoms. The molecule has 2 unspecified atom stereocenters. The summed E-state index contributed by atoms with van der Waals surface area (Å²) in [5.41, 5.74) is 5.69. The first-order valence-corrected chi connectivity index (χ1v) is 6.08. The summed E-state index contributed by atoms with van der Waals surface area (Å²) >= 11 is 0. The average Bonchev–Trinajstić information content (AvgIpc) is 2.62. The van der Waals surface area contributed by atoms with Gasteiger partial charge in [-0.3, -0.25) is 0 Å². The summed E-state index contributed by atoms with van der Waals surface area (Å²) < 4.78 is 4.99. The van der Waals surface area contributed by atoms with E-state index in [0.29, 0.717) is 23.4 Å². The van der Waals surface area contributed by atoms with Gasteiger partial charge in [0, 0.05) is 5.92 Å². The van der Waals surface area contributed by atoms with Gasteiger partial charge in [0.15, 0.2) is 0 Å². The molecule has 1 amide bonds. The zero-order valence-corrected chi connectivity index (χ0v) is 10.2. The molecule has 2 aliphatic carbocycles. The first-order valence-electron chi connectivity index (χ1n) is 6.08. The van der Waals surface area contributed by atoms with Crippen LogP contribution in [-0.4, -0.2) is 12.7 Å². The molecule has 3 heteroatoms. The lowest BCUT2D eigenvalue weighted by molar-refractivity contribution is 0.143. The molecule has 2 N–H and O–H groups in total. The van der Waals surface area contributed by atoms with Gasteiger partial charge in [-0.05, 0) is 36.5 Å². The Morgan fingerprint density at radius 3 is 2.25 bits per heavy atom. The standard InChI is InChI=1S/C13H21NO2/c1-12-7-5-3-4-6-8-13(12,2)10(12)9-16-11(14)15/h3-4,10H,5-9H2,1-2H3,(H2,14,15)/b4-3-. The Bertz CT molecular complexity index is 304. The molecular weight excluding hydrogens is 202 g/mol. The van der Waals surface area contributed by atoms with Crippen LogP contribution in [-0.2, 0) is 4.74 Å². The maximum absolute atomic E-state index is 10.7. The molecule has 3 nitrogen and oxygen atoms in total. The average molecular weight is 223 g/mol. The molecule has 1 saturated carbocycles. The van der Waals surface area contributed by atoms with E-state index in [0.717, 1.165) is 12.8 Å². The van der Waals surface area contributed by atoms with Crippen LogP contribution in [0.4, 0.5) is 4.79 Å². The number of carbonyl (C=O) groups excluding carboxylic acids is 1. The van der Waals surface area contributed by atoms with Crippen molar-refractivity contribution in [3.63, 3.8) is 0 Å². The van der Waals surface area contributed by atoms with Gasteiger partial charge in [-0.1, -0.05) is 26.0 Å². The van der Waals surface area contributed by atoms with Crippen molar-refractivity contribution in [3.05, 3.63) is 12.2 Å². The van der Waals surface area contributed by atoms with E-state index in [1.165, 1.54) is 12.8 Å². The van der Waals surface area contributed by atoms with Gasteiger partial charge < -0.3 is 10.5 Å². The normalized spacial score (nSPS) is 43.8. The fourth-order valence-electron chi connectivity index (χ4n) is 3.53. The lowest BCUT2D eigenvalue weighted by atomic mass is 9.86. The maximum Gasteiger partial charge on any atom is 0.404 e. The van der Waals surface area contributed by atoms with E-state index < -0.39 is 6.09 Å². The number of fused-ring (bicyclic) bond motifs is 1. The van der Waals surface area contributed by atoms with Gasteiger partial charge in [0.1, 0.15) is 0 Å². The maximum atomic E-state index is 10.7. The molecule has 0 aromatic rings. The van der Waals surface area contributed by atoms with Gasteiger partial charge in [0.25, 0.3) is 0 Å². The lowest BCUT2D eigenvalue weighted by Crippen LogP contribution is -2.16. The first kappa shape index (κ1) is 11.5. The number of allylic oxidation sites excluding steroid dienone is 2. The molecule has 0 heterocycles. The molecule has 0 aromatic carbocycles. The molecule has 0 saturated heterocycles. The van der Waals surface area contributed by atoms with Gasteiger partial charge in [0.05, 0.1) is 6.61 Å². The topological polar surface area (TPSA) is 52.3 Å². The van der Waals surface area contributed by atoms with Crippen LogP contribution in [0.1, 0.15) is 39.5 Å². The minimum atomic E-state index is -0.649. The molecule has 90 valence electrons. The van der Waals surface area contributed by atoms with Crippen LogP contribution in [0.25, 0.3) is 0 Å². The lowest BCUT2D eigenvalue weighted by Gasteiger charge is -2.18. The van der Waals surface area contributed by atoms with Crippen LogP contribution < -0.4 is 5.73 Å². The summed E-state index contributed by atoms with van der Waals surface area (Å²) in [5, 5.41) is 0. The van der Waals surface area contributed by atoms with E-state index in [-0.39, 0.29) is 0 Å². The van der Waals surface area contributed by atoms with Crippen molar-refractivity contribution in [2.75, 3.05) is 6.61 Å². The summed E-state index contributed by atoms with van der Waals surface area (Å²) in [4.78, 5) is 10.7. The van der Waals surface area contributed by atoms with Gasteiger partial charge >= 0.3 is 6.09 Å². The Hall–Kier alpha value is -0.990. The van der Waals surface area contributed by atoms with Crippen LogP contribution in [0.5, 0.6) is 0 Å². The highest BCUT2D eigenvalue weighted by atomic mass is 16.5. The van der Waals surface area contributed by atoms with Crippen molar-refractivity contribution in [1.82, 2.24) is 0 Å². The highest BCUT2D eigenvalue weighted by Crippen LogP contribution is 2.73. The zero-order chi connectivity index (χ0) is 11.8. The summed E-state index contributed by atoms with van der Waals surface area (Å²) in [6, 6.07) is 0. The fourth-order valence-corrected chi connectivity index (χ4v) is 3.53. The van der Waals surface area contributed by atoms with Gasteiger partial charge in [-0.15, -0.1) is 0 Å². The summed E-state index contributed by atoms with van der Waals surface area (Å²) in [6.07, 6.45) is 8.55. The number of primary amides is 1. The van der Waals surface area contributed by atoms with Crippen molar-refractivity contribution in [3.8, 4) is 0 Å². The number of carbonyl (C=O) groups is 1. The van der Waals surface area contributed by atoms with Crippen molar-refractivity contribution in [2.24, 2.45) is 22.5 Å². The number of ether oxygens (including phenoxy) is 1. The Morgan fingerprint density at radius 1 is 1.31 bits per heavy atom. The number of rotatable bonds is 2. The SMILES string of the molecule is CC12CC/C=C\CCC1(C)C2COC(N)=O. The van der Waals surface area contributed by atoms with E-state index in [1.54, 1.807) is 0 Å². The molecule has 0 aliphatic heterocycles. The van der Waals surface area contributed by atoms with E-state index in [1.807, 2.05) is 0 Å². The van der Waals surface area contributed by atoms with E-state index >= 15 is 0 Å². The minimum absolute atomic E-state index is 0.327. The number of hydrogen-bond donors (Lipinski definition) is 1. The highest BCUT2D eigenvalue weighted by molar-refractivity contribution is 5.64. The third kappa shape index (κ3) is 1.62. The number of amides is 1. The van der Waals surface area contributed by atoms with Crippen molar-refractivity contribution >= 4 is 6.09 Å². The quantitative estimate of drug-likeness (QED) is 0.732. The van der Waals surface area contributed by atoms with Crippen LogP contribution in [0, 0.1) is 16.7 Å². The molecule has 2 rings (SSSR count). The number of hydrogen-bond acceptors (Lipinski definition) is 2. The Balaban J connectivity index is 2.03. The first-order chi connectivity index (χ1) is 7.51. The molecule has 2 aliphatic rings. The molecule has 0 spiro atoms. The van der Waals surface area contributed by atoms with Gasteiger partial charge in [-0.2, -0.15) is 0 Å². The fraction of sp³-hybridized carbons (Fsp3) is 0.769. The smallest absolute Gasteiger partial charge is 0.404 e. The Kier molecular flexibility index (Phi) is 2.72. The molecule has 0 aromatic heterocycles. The van der Waals surface area contributed by atoms with E-state index in [4.69, 9.17) is 10.5 Å². The molecule has 0 radical (unpaired) electrons. The van der Waals surface area contributed by atoms with Crippen LogP contribution in [0.15, 0.2) is 12.2 Å². The van der Waals surface area contributed by atoms with Crippen molar-refractivity contribution in [1.29, 1.82) is 0 Å². The molecule has 2 atom stereocenters. The zero-order valence-electron chi connectivity index (χ0n) is 10.2. The van der Waals surface area contributed by atoms with Gasteiger partial charge in [-0.25, -0.2) is 4.79 Å². The van der Waals surface area contributed by atoms with Crippen LogP contribution >= 0.6 is 0 Å². The van der Waals surface area contributed by atoms with Crippen LogP contribution in [0.2, 0.25) is 0 Å². The highest BCUT2D eigenvalue weighted by Gasteiger charge is 2.69. The predicted molar refractivity (Wildman–Crippen MR) is 62.8 cm³/mol. The van der Waals surface area contributed by atoms with Crippen molar-refractivity contribution in [2.45, 2.75) is 39.5 Å². The Labute approximate surface area is 97.0 Å². The van der Waals surface area contributed by atoms with E-state index in [9.17, 15) is 4.79 Å². The second-order valence-electron chi connectivity index (χ2n) is 5.57. The second kappa shape index (κ2) is 3.79. The van der Waals surface area contributed by atoms with Gasteiger partial charge in [0.2, 0.25) is 0 Å². The minimum Gasteiger partial charge on any atom is -0.449 e. The monoisotopic (exact) mass is 223 g/mol. The summed E-state index contributed by atoms with van der Waals surface area (Å²) in [7, 11) is 0. The molecule has 0 bridgehead atoms. The third-order valence-corrected chi connectivity index (χ3v) is 4.98.